The summed E-state index contributed by atoms with van der Waals surface area (Å²) in [4.78, 5) is 13.6. The highest BCUT2D eigenvalue weighted by molar-refractivity contribution is 7.98. The molecule has 4 nitrogen and oxygen atoms in total. The van der Waals surface area contributed by atoms with Crippen molar-refractivity contribution in [1.82, 2.24) is 5.59 Å². The molecule has 0 saturated carbocycles. The van der Waals surface area contributed by atoms with Crippen LogP contribution in [0.25, 0.3) is 0 Å². The molecule has 0 aromatic carbocycles. The van der Waals surface area contributed by atoms with Gasteiger partial charge in [-0.25, -0.2) is 4.84 Å². The van der Waals surface area contributed by atoms with Crippen molar-refractivity contribution in [2.24, 2.45) is 5.29 Å². The third kappa shape index (κ3) is 5.71. The van der Waals surface area contributed by atoms with E-state index in [0.29, 0.717) is 5.94 Å². The molecule has 0 heterocycles. The summed E-state index contributed by atoms with van der Waals surface area (Å²) in [7, 11) is 0. The van der Waals surface area contributed by atoms with Crippen LogP contribution < -0.4 is 5.59 Å². The topological polar surface area (TPSA) is 50.7 Å². The summed E-state index contributed by atoms with van der Waals surface area (Å²) in [6, 6.07) is 0. The Labute approximate surface area is 45.5 Å². The first-order valence-corrected chi connectivity index (χ1v) is 2.99. The molecule has 7 heavy (non-hydrogen) atoms. The molecule has 0 bridgehead atoms. The Balaban J connectivity index is 2.56. The van der Waals surface area contributed by atoms with E-state index in [-0.39, 0.29) is 0 Å². The summed E-state index contributed by atoms with van der Waals surface area (Å²) in [5, 5.41) is 2.24. The molecular formula is C2H6N2O2S. The van der Waals surface area contributed by atoms with Gasteiger partial charge in [0.2, 0.25) is 0 Å². The molecule has 0 amide bonds. The van der Waals surface area contributed by atoms with Crippen molar-refractivity contribution < 1.29 is 4.84 Å². The number of nitrogens with zero attached hydrogens (tertiary/aromatic N) is 1. The highest BCUT2D eigenvalue weighted by atomic mass is 32.2. The summed E-state index contributed by atoms with van der Waals surface area (Å²) in [6.07, 6.45) is 1.85. The molecule has 0 aliphatic carbocycles. The number of hydrogen-bond acceptors (Lipinski definition) is 4. The van der Waals surface area contributed by atoms with Gasteiger partial charge in [-0.15, -0.1) is 22.3 Å². The first-order valence-electron chi connectivity index (χ1n) is 1.60. The Hall–Kier alpha value is -0.290. The Morgan fingerprint density at radius 3 is 3.14 bits per heavy atom. The average Bonchev–Trinajstić information content (AvgIpc) is 1.69. The van der Waals surface area contributed by atoms with E-state index in [2.05, 4.69) is 10.1 Å². The van der Waals surface area contributed by atoms with E-state index in [0.717, 1.165) is 0 Å². The second kappa shape index (κ2) is 5.71. The van der Waals surface area contributed by atoms with Gasteiger partial charge in [0.1, 0.15) is 5.94 Å². The lowest BCUT2D eigenvalue weighted by molar-refractivity contribution is 0.0803. The fraction of sp³-hybridized carbons (Fsp3) is 1.00. The maximum atomic E-state index is 9.18. The molecule has 0 saturated heterocycles. The molecular weight excluding hydrogens is 116 g/mol. The SMILES string of the molecule is CSCONN=O. The van der Waals surface area contributed by atoms with Gasteiger partial charge >= 0.3 is 0 Å². The minimum Gasteiger partial charge on any atom is -0.246 e. The third-order valence-corrected chi connectivity index (χ3v) is 0.632. The quantitative estimate of drug-likeness (QED) is 0.255. The number of rotatable bonds is 4. The largest absolute Gasteiger partial charge is 0.246 e. The second-order valence-corrected chi connectivity index (χ2v) is 1.55. The van der Waals surface area contributed by atoms with Crippen LogP contribution in [0.3, 0.4) is 0 Å². The predicted octanol–water partition coefficient (Wildman–Crippen LogP) is 0.510. The molecule has 0 spiro atoms. The van der Waals surface area contributed by atoms with Crippen LogP contribution in [-0.2, 0) is 4.84 Å². The van der Waals surface area contributed by atoms with E-state index in [9.17, 15) is 4.91 Å². The van der Waals surface area contributed by atoms with Crippen molar-refractivity contribution in [3.63, 3.8) is 0 Å². The lowest BCUT2D eigenvalue weighted by atomic mass is 11.7. The molecule has 0 aromatic rings. The summed E-state index contributed by atoms with van der Waals surface area (Å²) in [5.41, 5.74) is 1.80. The fourth-order valence-corrected chi connectivity index (χ4v) is 0.282. The van der Waals surface area contributed by atoms with Crippen LogP contribution in [0.1, 0.15) is 0 Å². The zero-order chi connectivity index (χ0) is 5.54. The van der Waals surface area contributed by atoms with Crippen molar-refractivity contribution in [2.75, 3.05) is 12.2 Å². The lowest BCUT2D eigenvalue weighted by Crippen LogP contribution is -2.03. The zero-order valence-electron chi connectivity index (χ0n) is 3.88. The number of nitrogens with one attached hydrogen (secondary N) is 1. The predicted molar refractivity (Wildman–Crippen MR) is 28.4 cm³/mol. The van der Waals surface area contributed by atoms with Gasteiger partial charge in [0, 0.05) is 0 Å². The zero-order valence-corrected chi connectivity index (χ0v) is 4.70. The smallest absolute Gasteiger partial charge is 0.122 e. The van der Waals surface area contributed by atoms with Crippen molar-refractivity contribution >= 4 is 11.8 Å². The summed E-state index contributed by atoms with van der Waals surface area (Å²) in [6.45, 7) is 0. The minimum absolute atomic E-state index is 0.436. The average molecular weight is 122 g/mol. The van der Waals surface area contributed by atoms with Crippen LogP contribution in [0.5, 0.6) is 0 Å². The van der Waals surface area contributed by atoms with Gasteiger partial charge in [-0.1, -0.05) is 0 Å². The van der Waals surface area contributed by atoms with E-state index < -0.39 is 0 Å². The van der Waals surface area contributed by atoms with Crippen molar-refractivity contribution in [1.29, 1.82) is 0 Å². The molecule has 0 fully saturated rings. The monoisotopic (exact) mass is 122 g/mol. The van der Waals surface area contributed by atoms with Crippen molar-refractivity contribution in [3.05, 3.63) is 4.91 Å². The van der Waals surface area contributed by atoms with Crippen LogP contribution >= 0.6 is 11.8 Å². The fourth-order valence-electron chi connectivity index (χ4n) is 0.112. The maximum absolute atomic E-state index is 9.18. The van der Waals surface area contributed by atoms with Crippen LogP contribution in [0, 0.1) is 4.91 Å². The molecule has 0 atom stereocenters. The number of hydrogen-bond donors (Lipinski definition) is 1. The van der Waals surface area contributed by atoms with E-state index in [1.165, 1.54) is 11.8 Å². The molecule has 0 radical (unpaired) electrons. The van der Waals surface area contributed by atoms with E-state index in [4.69, 9.17) is 0 Å². The van der Waals surface area contributed by atoms with Gasteiger partial charge < -0.3 is 0 Å². The third-order valence-electron chi connectivity index (χ3n) is 0.279. The van der Waals surface area contributed by atoms with Crippen LogP contribution in [0.4, 0.5) is 0 Å². The number of thioether (sulfide) groups is 1. The van der Waals surface area contributed by atoms with Gasteiger partial charge in [-0.05, 0) is 6.26 Å². The van der Waals surface area contributed by atoms with E-state index in [1.54, 1.807) is 5.59 Å². The molecule has 0 rings (SSSR count). The number of nitroso groups, excluding NO2 is 1. The molecule has 0 aromatic heterocycles. The van der Waals surface area contributed by atoms with Crippen molar-refractivity contribution in [2.45, 2.75) is 0 Å². The maximum Gasteiger partial charge on any atom is 0.122 e. The standard InChI is InChI=1S/C2H6N2O2S/c1-7-2-6-4-3-5/h2H2,1H3,(H,4,5). The van der Waals surface area contributed by atoms with Gasteiger partial charge in [-0.3, -0.25) is 0 Å². The van der Waals surface area contributed by atoms with Crippen LogP contribution in [0.2, 0.25) is 0 Å². The Kier molecular flexibility index (Phi) is 5.47. The van der Waals surface area contributed by atoms with Gasteiger partial charge in [-0.2, -0.15) is 0 Å². The van der Waals surface area contributed by atoms with Crippen LogP contribution in [-0.4, -0.2) is 12.2 Å². The Morgan fingerprint density at radius 2 is 2.71 bits per heavy atom. The summed E-state index contributed by atoms with van der Waals surface area (Å²) >= 11 is 1.46. The summed E-state index contributed by atoms with van der Waals surface area (Å²) < 4.78 is 0. The van der Waals surface area contributed by atoms with Gasteiger partial charge in [0.05, 0.1) is 5.29 Å². The summed E-state index contributed by atoms with van der Waals surface area (Å²) in [5.74, 6) is 0.436. The van der Waals surface area contributed by atoms with Crippen molar-refractivity contribution in [3.8, 4) is 0 Å². The first-order chi connectivity index (χ1) is 3.41. The highest BCUT2D eigenvalue weighted by Gasteiger charge is 1.75. The van der Waals surface area contributed by atoms with Crippen LogP contribution in [0.15, 0.2) is 5.29 Å². The molecule has 42 valence electrons. The first kappa shape index (κ1) is 6.71. The highest BCUT2D eigenvalue weighted by Crippen LogP contribution is 1.87. The van der Waals surface area contributed by atoms with E-state index in [1.807, 2.05) is 6.26 Å². The van der Waals surface area contributed by atoms with Gasteiger partial charge in [0.15, 0.2) is 0 Å². The van der Waals surface area contributed by atoms with E-state index >= 15 is 0 Å². The molecule has 1 N–H and O–H groups in total. The molecule has 5 heteroatoms. The minimum atomic E-state index is 0.436. The Morgan fingerprint density at radius 1 is 2.00 bits per heavy atom. The van der Waals surface area contributed by atoms with Gasteiger partial charge in [0.25, 0.3) is 0 Å². The molecule has 0 unspecified atom stereocenters. The normalized spacial score (nSPS) is 8.14. The second-order valence-electron chi connectivity index (χ2n) is 0.733. The Bertz CT molecular complexity index is 51.0. The molecule has 0 aliphatic rings. The molecule has 0 aliphatic heterocycles. The lowest BCUT2D eigenvalue weighted by Gasteiger charge is -1.91.